The first kappa shape index (κ1) is 21.4. The van der Waals surface area contributed by atoms with Crippen LogP contribution in [0.4, 0.5) is 10.6 Å². The lowest BCUT2D eigenvalue weighted by molar-refractivity contribution is -0.118. The minimum Gasteiger partial charge on any atom is -0.497 e. The molecular formula is C21H27N5O4. The molecule has 0 aliphatic carbocycles. The first-order chi connectivity index (χ1) is 14.5. The van der Waals surface area contributed by atoms with E-state index in [0.717, 1.165) is 53.8 Å². The molecule has 0 saturated carbocycles. The van der Waals surface area contributed by atoms with E-state index in [1.54, 1.807) is 7.11 Å². The van der Waals surface area contributed by atoms with Crippen LogP contribution in [0.15, 0.2) is 42.6 Å². The number of nitrogens with two attached hydrogens (primary N) is 1. The summed E-state index contributed by atoms with van der Waals surface area (Å²) in [6, 6.07) is 12.0. The molecule has 0 unspecified atom stereocenters. The number of methoxy groups -OCH3 is 1. The van der Waals surface area contributed by atoms with Crippen LogP contribution in [0.2, 0.25) is 0 Å². The Kier molecular flexibility index (Phi) is 7.08. The van der Waals surface area contributed by atoms with Crippen molar-refractivity contribution in [2.24, 2.45) is 5.73 Å². The third-order valence-corrected chi connectivity index (χ3v) is 5.17. The van der Waals surface area contributed by atoms with E-state index in [0.29, 0.717) is 6.54 Å². The summed E-state index contributed by atoms with van der Waals surface area (Å²) in [7, 11) is 1.65. The van der Waals surface area contributed by atoms with E-state index in [1.165, 1.54) is 0 Å². The van der Waals surface area contributed by atoms with Crippen LogP contribution in [0.1, 0.15) is 0 Å². The van der Waals surface area contributed by atoms with Gasteiger partial charge in [-0.1, -0.05) is 12.1 Å². The number of rotatable bonds is 8. The number of piperazine rings is 1. The molecule has 160 valence electrons. The van der Waals surface area contributed by atoms with Gasteiger partial charge in [-0.25, -0.2) is 9.78 Å². The van der Waals surface area contributed by atoms with Gasteiger partial charge in [-0.15, -0.1) is 0 Å². The minimum atomic E-state index is -1.13. The Balaban J connectivity index is 1.51. The van der Waals surface area contributed by atoms with Gasteiger partial charge in [0.05, 0.1) is 7.11 Å². The molecule has 30 heavy (non-hydrogen) atoms. The molecule has 2 aromatic rings. The summed E-state index contributed by atoms with van der Waals surface area (Å²) in [4.78, 5) is 32.2. The summed E-state index contributed by atoms with van der Waals surface area (Å²) in [5.41, 5.74) is 7.23. The fourth-order valence-electron chi connectivity index (χ4n) is 3.42. The van der Waals surface area contributed by atoms with Crippen molar-refractivity contribution in [1.82, 2.24) is 14.8 Å². The minimum absolute atomic E-state index is 0.257. The van der Waals surface area contributed by atoms with E-state index in [1.807, 2.05) is 36.5 Å². The Morgan fingerprint density at radius 1 is 1.10 bits per heavy atom. The quantitative estimate of drug-likeness (QED) is 0.672. The largest absolute Gasteiger partial charge is 0.497 e. The van der Waals surface area contributed by atoms with Gasteiger partial charge in [0.25, 0.3) is 0 Å². The van der Waals surface area contributed by atoms with Crippen molar-refractivity contribution in [2.75, 3.05) is 57.8 Å². The number of ether oxygens (including phenoxy) is 1. The van der Waals surface area contributed by atoms with E-state index in [-0.39, 0.29) is 13.1 Å². The Bertz CT molecular complexity index is 849. The fourth-order valence-corrected chi connectivity index (χ4v) is 3.42. The van der Waals surface area contributed by atoms with Gasteiger partial charge in [-0.3, -0.25) is 14.6 Å². The zero-order chi connectivity index (χ0) is 21.5. The number of benzene rings is 1. The molecule has 3 N–H and O–H groups in total. The number of carbonyl (C=O) groups is 2. The van der Waals surface area contributed by atoms with Gasteiger partial charge in [0.15, 0.2) is 0 Å². The number of hydrogen-bond acceptors (Lipinski definition) is 6. The average Bonchev–Trinajstić information content (AvgIpc) is 2.77. The second kappa shape index (κ2) is 9.93. The number of primary amides is 1. The maximum atomic E-state index is 11.2. The number of carbonyl (C=O) groups excluding carboxylic acids is 1. The molecule has 1 aromatic carbocycles. The maximum Gasteiger partial charge on any atom is 0.407 e. The second-order valence-corrected chi connectivity index (χ2v) is 7.13. The van der Waals surface area contributed by atoms with Crippen molar-refractivity contribution in [3.05, 3.63) is 42.6 Å². The van der Waals surface area contributed by atoms with Gasteiger partial charge >= 0.3 is 6.09 Å². The van der Waals surface area contributed by atoms with E-state index >= 15 is 0 Å². The Labute approximate surface area is 175 Å². The molecular weight excluding hydrogens is 386 g/mol. The maximum absolute atomic E-state index is 11.2. The third-order valence-electron chi connectivity index (χ3n) is 5.17. The molecule has 0 atom stereocenters. The van der Waals surface area contributed by atoms with Crippen LogP contribution in [-0.2, 0) is 4.79 Å². The first-order valence-corrected chi connectivity index (χ1v) is 9.80. The molecule has 1 fully saturated rings. The normalized spacial score (nSPS) is 14.4. The molecule has 0 bridgehead atoms. The summed E-state index contributed by atoms with van der Waals surface area (Å²) in [5, 5.41) is 9.15. The van der Waals surface area contributed by atoms with Crippen LogP contribution in [-0.4, -0.2) is 84.8 Å². The number of nitrogens with zero attached hydrogens (tertiary/aromatic N) is 4. The summed E-state index contributed by atoms with van der Waals surface area (Å²) < 4.78 is 5.19. The topological polar surface area (TPSA) is 112 Å². The van der Waals surface area contributed by atoms with Gasteiger partial charge in [-0.2, -0.15) is 0 Å². The Morgan fingerprint density at radius 2 is 1.77 bits per heavy atom. The highest BCUT2D eigenvalue weighted by Gasteiger charge is 2.20. The SMILES string of the molecule is COc1ccc(-c2ccc(N3CCN(CCN(CC(N)=O)C(=O)O)CC3)nc2)cc1. The number of hydrogen-bond donors (Lipinski definition) is 2. The van der Waals surface area contributed by atoms with Gasteiger partial charge in [0, 0.05) is 51.0 Å². The molecule has 0 radical (unpaired) electrons. The number of amides is 2. The molecule has 3 rings (SSSR count). The second-order valence-electron chi connectivity index (χ2n) is 7.13. The lowest BCUT2D eigenvalue weighted by Gasteiger charge is -2.36. The Hall–Kier alpha value is -3.33. The van der Waals surface area contributed by atoms with Crippen molar-refractivity contribution in [3.63, 3.8) is 0 Å². The number of carboxylic acid groups (broad SMARTS) is 1. The fraction of sp³-hybridized carbons (Fsp3) is 0.381. The molecule has 2 heterocycles. The number of pyridine rings is 1. The van der Waals surface area contributed by atoms with E-state index in [2.05, 4.69) is 20.9 Å². The van der Waals surface area contributed by atoms with Crippen molar-refractivity contribution in [1.29, 1.82) is 0 Å². The van der Waals surface area contributed by atoms with Crippen molar-refractivity contribution < 1.29 is 19.4 Å². The zero-order valence-corrected chi connectivity index (χ0v) is 17.0. The number of anilines is 1. The molecule has 1 aliphatic rings. The lowest BCUT2D eigenvalue weighted by atomic mass is 10.1. The average molecular weight is 413 g/mol. The smallest absolute Gasteiger partial charge is 0.407 e. The van der Waals surface area contributed by atoms with Crippen LogP contribution in [0.3, 0.4) is 0 Å². The predicted molar refractivity (Wildman–Crippen MR) is 114 cm³/mol. The molecule has 0 spiro atoms. The summed E-state index contributed by atoms with van der Waals surface area (Å²) in [6.45, 7) is 3.75. The summed E-state index contributed by atoms with van der Waals surface area (Å²) in [5.74, 6) is 1.10. The highest BCUT2D eigenvalue weighted by Crippen LogP contribution is 2.23. The van der Waals surface area contributed by atoms with Crippen LogP contribution in [0, 0.1) is 0 Å². The van der Waals surface area contributed by atoms with E-state index < -0.39 is 12.0 Å². The third kappa shape index (κ3) is 5.60. The molecule has 1 aromatic heterocycles. The monoisotopic (exact) mass is 413 g/mol. The first-order valence-electron chi connectivity index (χ1n) is 9.80. The molecule has 2 amide bonds. The van der Waals surface area contributed by atoms with Crippen molar-refractivity contribution in [2.45, 2.75) is 0 Å². The zero-order valence-electron chi connectivity index (χ0n) is 17.0. The van der Waals surface area contributed by atoms with Gasteiger partial charge in [-0.05, 0) is 29.8 Å². The lowest BCUT2D eigenvalue weighted by Crippen LogP contribution is -2.49. The Morgan fingerprint density at radius 3 is 2.30 bits per heavy atom. The molecule has 9 heteroatoms. The molecule has 1 saturated heterocycles. The number of aromatic nitrogens is 1. The molecule has 1 aliphatic heterocycles. The summed E-state index contributed by atoms with van der Waals surface area (Å²) in [6.07, 6.45) is 0.742. The van der Waals surface area contributed by atoms with Crippen molar-refractivity contribution >= 4 is 17.8 Å². The van der Waals surface area contributed by atoms with E-state index in [9.17, 15) is 9.59 Å². The molecule has 9 nitrogen and oxygen atoms in total. The van der Waals surface area contributed by atoms with Crippen LogP contribution < -0.4 is 15.4 Å². The predicted octanol–water partition coefficient (Wildman–Crippen LogP) is 1.34. The van der Waals surface area contributed by atoms with E-state index in [4.69, 9.17) is 15.6 Å². The van der Waals surface area contributed by atoms with Crippen LogP contribution in [0.5, 0.6) is 5.75 Å². The van der Waals surface area contributed by atoms with Gasteiger partial charge in [0.2, 0.25) is 5.91 Å². The highest BCUT2D eigenvalue weighted by molar-refractivity contribution is 5.80. The van der Waals surface area contributed by atoms with Gasteiger partial charge in [0.1, 0.15) is 18.1 Å². The van der Waals surface area contributed by atoms with Crippen LogP contribution >= 0.6 is 0 Å². The van der Waals surface area contributed by atoms with Crippen molar-refractivity contribution in [3.8, 4) is 16.9 Å². The highest BCUT2D eigenvalue weighted by atomic mass is 16.5. The summed E-state index contributed by atoms with van der Waals surface area (Å²) >= 11 is 0. The van der Waals surface area contributed by atoms with Gasteiger partial charge < -0.3 is 20.5 Å². The van der Waals surface area contributed by atoms with Crippen LogP contribution in [0.25, 0.3) is 11.1 Å². The standard InChI is InChI=1S/C21H27N5O4/c1-30-18-5-2-16(3-6-18)17-4-7-20(23-14-17)25-11-8-24(9-12-25)10-13-26(21(28)29)15-19(22)27/h2-7,14H,8-13,15H2,1H3,(H2,22,27)(H,28,29).